The number of ether oxygens (including phenoxy) is 2. The van der Waals surface area contributed by atoms with E-state index < -0.39 is 5.79 Å². The van der Waals surface area contributed by atoms with E-state index in [2.05, 4.69) is 10.2 Å². The van der Waals surface area contributed by atoms with Gasteiger partial charge in [0.25, 0.3) is 0 Å². The van der Waals surface area contributed by atoms with Crippen LogP contribution in [0.3, 0.4) is 0 Å². The third kappa shape index (κ3) is 4.70. The van der Waals surface area contributed by atoms with Crippen LogP contribution in [0.1, 0.15) is 13.8 Å². The zero-order valence-corrected chi connectivity index (χ0v) is 11.4. The van der Waals surface area contributed by atoms with E-state index in [0.29, 0.717) is 0 Å². The maximum absolute atomic E-state index is 5.74. The summed E-state index contributed by atoms with van der Waals surface area (Å²) in [5.74, 6) is -0.605. The van der Waals surface area contributed by atoms with Crippen LogP contribution in [0.4, 0.5) is 0 Å². The fourth-order valence-corrected chi connectivity index (χ4v) is 1.45. The van der Waals surface area contributed by atoms with Crippen LogP contribution in [0.25, 0.3) is 0 Å². The molecule has 1 rings (SSSR count). The number of hydrazone groups is 2. The number of rotatable bonds is 4. The molecule has 0 radical (unpaired) electrons. The largest absolute Gasteiger partial charge is 0.338 e. The minimum Gasteiger partial charge on any atom is -0.338 e. The first-order valence-corrected chi connectivity index (χ1v) is 5.58. The molecule has 1 saturated heterocycles. The molecule has 0 N–H and O–H groups in total. The van der Waals surface area contributed by atoms with Crippen molar-refractivity contribution >= 4 is 12.4 Å². The summed E-state index contributed by atoms with van der Waals surface area (Å²) in [4.78, 5) is 0. The molecule has 0 aromatic rings. The van der Waals surface area contributed by atoms with Crippen LogP contribution >= 0.6 is 0 Å². The molecule has 17 heavy (non-hydrogen) atoms. The maximum Gasteiger partial charge on any atom is 0.164 e. The van der Waals surface area contributed by atoms with Crippen molar-refractivity contribution in [1.29, 1.82) is 0 Å². The van der Waals surface area contributed by atoms with Crippen molar-refractivity contribution in [3.8, 4) is 0 Å². The van der Waals surface area contributed by atoms with Crippen molar-refractivity contribution in [2.75, 3.05) is 28.2 Å². The average molecular weight is 242 g/mol. The molecule has 1 aliphatic heterocycles. The lowest BCUT2D eigenvalue weighted by atomic mass is 10.2. The van der Waals surface area contributed by atoms with Gasteiger partial charge in [0.05, 0.1) is 12.4 Å². The van der Waals surface area contributed by atoms with E-state index in [1.807, 2.05) is 42.0 Å². The highest BCUT2D eigenvalue weighted by atomic mass is 16.7. The Morgan fingerprint density at radius 1 is 0.882 bits per heavy atom. The Hall–Kier alpha value is -1.14. The van der Waals surface area contributed by atoms with Gasteiger partial charge in [-0.25, -0.2) is 0 Å². The first-order chi connectivity index (χ1) is 7.80. The molecule has 2 atom stereocenters. The van der Waals surface area contributed by atoms with Crippen molar-refractivity contribution < 1.29 is 9.47 Å². The van der Waals surface area contributed by atoms with Crippen molar-refractivity contribution in [1.82, 2.24) is 10.0 Å². The third-order valence-corrected chi connectivity index (χ3v) is 2.05. The van der Waals surface area contributed by atoms with Gasteiger partial charge in [-0.15, -0.1) is 0 Å². The highest BCUT2D eigenvalue weighted by molar-refractivity contribution is 5.75. The van der Waals surface area contributed by atoms with Gasteiger partial charge in [-0.05, 0) is 13.8 Å². The first-order valence-electron chi connectivity index (χ1n) is 5.58. The molecule has 0 amide bonds. The van der Waals surface area contributed by atoms with Gasteiger partial charge in [0.1, 0.15) is 12.2 Å². The second-order valence-corrected chi connectivity index (χ2v) is 4.79. The molecule has 0 aromatic heterocycles. The van der Waals surface area contributed by atoms with E-state index in [9.17, 15) is 0 Å². The van der Waals surface area contributed by atoms with Crippen LogP contribution in [0.2, 0.25) is 0 Å². The predicted molar refractivity (Wildman–Crippen MR) is 68.2 cm³/mol. The monoisotopic (exact) mass is 242 g/mol. The lowest BCUT2D eigenvalue weighted by Crippen LogP contribution is -2.27. The second-order valence-electron chi connectivity index (χ2n) is 4.79. The summed E-state index contributed by atoms with van der Waals surface area (Å²) in [7, 11) is 7.45. The van der Waals surface area contributed by atoms with E-state index in [1.165, 1.54) is 0 Å². The highest BCUT2D eigenvalue weighted by Crippen LogP contribution is 2.26. The standard InChI is InChI=1S/C11H22N4O2/c1-11(2)16-9(7-12-14(3)4)10(17-11)8-13-15(5)6/h7-10H,1-6H3/b12-7+,13-8+/t9-,10-/m1/s1. The summed E-state index contributed by atoms with van der Waals surface area (Å²) in [6, 6.07) is 0. The van der Waals surface area contributed by atoms with Crippen LogP contribution in [-0.2, 0) is 9.47 Å². The molecule has 6 nitrogen and oxygen atoms in total. The van der Waals surface area contributed by atoms with Gasteiger partial charge < -0.3 is 19.5 Å². The van der Waals surface area contributed by atoms with Crippen molar-refractivity contribution in [2.45, 2.75) is 31.8 Å². The van der Waals surface area contributed by atoms with Gasteiger partial charge in [0, 0.05) is 28.2 Å². The molecule has 1 aliphatic rings. The Bertz CT molecular complexity index is 272. The van der Waals surface area contributed by atoms with Gasteiger partial charge in [-0.2, -0.15) is 10.2 Å². The number of nitrogens with zero attached hydrogens (tertiary/aromatic N) is 4. The zero-order valence-electron chi connectivity index (χ0n) is 11.4. The summed E-state index contributed by atoms with van der Waals surface area (Å²) in [5.41, 5.74) is 0. The van der Waals surface area contributed by atoms with Gasteiger partial charge in [-0.3, -0.25) is 0 Å². The van der Waals surface area contributed by atoms with E-state index >= 15 is 0 Å². The van der Waals surface area contributed by atoms with E-state index in [4.69, 9.17) is 9.47 Å². The minimum absolute atomic E-state index is 0.212. The van der Waals surface area contributed by atoms with Gasteiger partial charge in [0.15, 0.2) is 5.79 Å². The summed E-state index contributed by atoms with van der Waals surface area (Å²) < 4.78 is 11.5. The van der Waals surface area contributed by atoms with Gasteiger partial charge in [0.2, 0.25) is 0 Å². The number of hydrogen-bond acceptors (Lipinski definition) is 6. The fraction of sp³-hybridized carbons (Fsp3) is 0.818. The Morgan fingerprint density at radius 3 is 1.53 bits per heavy atom. The lowest BCUT2D eigenvalue weighted by Gasteiger charge is -2.15. The van der Waals surface area contributed by atoms with Crippen molar-refractivity contribution in [3.63, 3.8) is 0 Å². The Balaban J connectivity index is 2.71. The minimum atomic E-state index is -0.605. The van der Waals surface area contributed by atoms with Crippen LogP contribution in [0.5, 0.6) is 0 Å². The Morgan fingerprint density at radius 2 is 1.24 bits per heavy atom. The average Bonchev–Trinajstić information content (AvgIpc) is 2.47. The molecule has 0 unspecified atom stereocenters. The first kappa shape index (κ1) is 13.9. The lowest BCUT2D eigenvalue weighted by molar-refractivity contribution is -0.135. The van der Waals surface area contributed by atoms with Crippen LogP contribution in [0, 0.1) is 0 Å². The van der Waals surface area contributed by atoms with Crippen molar-refractivity contribution in [2.24, 2.45) is 10.2 Å². The smallest absolute Gasteiger partial charge is 0.164 e. The quantitative estimate of drug-likeness (QED) is 0.535. The molecule has 0 bridgehead atoms. The zero-order chi connectivity index (χ0) is 13.1. The fourth-order valence-electron chi connectivity index (χ4n) is 1.45. The molecule has 0 spiro atoms. The highest BCUT2D eigenvalue weighted by Gasteiger charge is 2.39. The summed E-state index contributed by atoms with van der Waals surface area (Å²) in [6.45, 7) is 3.76. The third-order valence-electron chi connectivity index (χ3n) is 2.05. The molecule has 0 saturated carbocycles. The Labute approximate surface area is 103 Å². The summed E-state index contributed by atoms with van der Waals surface area (Å²) >= 11 is 0. The maximum atomic E-state index is 5.74. The molecule has 98 valence electrons. The number of hydrogen-bond donors (Lipinski definition) is 0. The predicted octanol–water partition coefficient (Wildman–Crippen LogP) is 0.601. The molecule has 0 aromatic carbocycles. The SMILES string of the molecule is CN(C)/N=C/[C@H]1OC(C)(C)O[C@@H]1/C=N/N(C)C. The second kappa shape index (κ2) is 5.46. The Kier molecular flexibility index (Phi) is 4.47. The molecular weight excluding hydrogens is 220 g/mol. The van der Waals surface area contributed by atoms with E-state index in [1.54, 1.807) is 22.4 Å². The van der Waals surface area contributed by atoms with Crippen LogP contribution < -0.4 is 0 Å². The van der Waals surface area contributed by atoms with Crippen molar-refractivity contribution in [3.05, 3.63) is 0 Å². The molecule has 1 heterocycles. The van der Waals surface area contributed by atoms with E-state index in [0.717, 1.165) is 0 Å². The molecule has 6 heteroatoms. The summed E-state index contributed by atoms with van der Waals surface area (Å²) in [5, 5.41) is 11.8. The van der Waals surface area contributed by atoms with Gasteiger partial charge in [-0.1, -0.05) is 0 Å². The molecular formula is C11H22N4O2. The van der Waals surface area contributed by atoms with Crippen LogP contribution in [-0.4, -0.2) is 68.6 Å². The van der Waals surface area contributed by atoms with E-state index in [-0.39, 0.29) is 12.2 Å². The van der Waals surface area contributed by atoms with Crippen LogP contribution in [0.15, 0.2) is 10.2 Å². The normalized spacial score (nSPS) is 28.1. The molecule has 1 fully saturated rings. The van der Waals surface area contributed by atoms with Gasteiger partial charge >= 0.3 is 0 Å². The summed E-state index contributed by atoms with van der Waals surface area (Å²) in [6.07, 6.45) is 3.05. The topological polar surface area (TPSA) is 49.7 Å². The molecule has 0 aliphatic carbocycles.